The number of aliphatic hydroxyl groups is 2. The molecule has 0 aliphatic carbocycles. The van der Waals surface area contributed by atoms with Crippen LogP contribution in [-0.2, 0) is 4.74 Å². The fourth-order valence-electron chi connectivity index (χ4n) is 0.994. The first-order valence-electron chi connectivity index (χ1n) is 5.98. The minimum atomic E-state index is -0.287. The Hall–Kier alpha value is -1.00. The smallest absolute Gasteiger partial charge is 0.109 e. The molecule has 2 N–H and O–H groups in total. The van der Waals surface area contributed by atoms with Crippen LogP contribution < -0.4 is 0 Å². The molecule has 0 amide bonds. The third-order valence-electron chi connectivity index (χ3n) is 1.97. The summed E-state index contributed by atoms with van der Waals surface area (Å²) in [6.45, 7) is 4.26. The van der Waals surface area contributed by atoms with E-state index in [0.717, 1.165) is 0 Å². The average molecular weight is 238 g/mol. The topological polar surface area (TPSA) is 49.7 Å². The van der Waals surface area contributed by atoms with E-state index in [2.05, 4.69) is 23.7 Å². The van der Waals surface area contributed by atoms with Crippen molar-refractivity contribution < 1.29 is 14.9 Å². The van der Waals surface area contributed by atoms with Crippen LogP contribution >= 0.6 is 0 Å². The van der Waals surface area contributed by atoms with Gasteiger partial charge in [-0.3, -0.25) is 0 Å². The number of hydrogen-bond donors (Lipinski definition) is 2. The van der Waals surface area contributed by atoms with Gasteiger partial charge in [0.2, 0.25) is 0 Å². The number of hydrogen-bond acceptors (Lipinski definition) is 3. The van der Waals surface area contributed by atoms with Gasteiger partial charge in [-0.25, -0.2) is 0 Å². The Bertz CT molecular complexity index is 256. The molecule has 3 nitrogen and oxygen atoms in total. The van der Waals surface area contributed by atoms with Crippen LogP contribution in [0.4, 0.5) is 0 Å². The fourth-order valence-corrected chi connectivity index (χ4v) is 0.994. The summed E-state index contributed by atoms with van der Waals surface area (Å²) in [4.78, 5) is 0. The van der Waals surface area contributed by atoms with Crippen LogP contribution in [0.5, 0.6) is 0 Å². The monoisotopic (exact) mass is 238 g/mol. The van der Waals surface area contributed by atoms with Crippen molar-refractivity contribution in [2.75, 3.05) is 13.2 Å². The van der Waals surface area contributed by atoms with Crippen molar-refractivity contribution in [2.45, 2.75) is 51.7 Å². The normalized spacial score (nSPS) is 12.9. The molecule has 0 aliphatic heterocycles. The summed E-state index contributed by atoms with van der Waals surface area (Å²) in [5, 5.41) is 18.0. The Balaban J connectivity index is 3.33. The fraction of sp³-hybridized carbons (Fsp3) is 0.714. The van der Waals surface area contributed by atoms with Crippen molar-refractivity contribution in [3.8, 4) is 23.7 Å². The molecule has 0 bridgehead atoms. The second-order valence-corrected chi connectivity index (χ2v) is 3.98. The van der Waals surface area contributed by atoms with E-state index in [1.165, 1.54) is 0 Å². The molecular weight excluding hydrogens is 216 g/mol. The molecule has 0 spiro atoms. The van der Waals surface area contributed by atoms with Gasteiger partial charge in [0.25, 0.3) is 0 Å². The molecule has 0 rings (SSSR count). The average Bonchev–Trinajstić information content (AvgIpc) is 2.25. The molecule has 0 aliphatic rings. The maximum absolute atomic E-state index is 8.98. The predicted octanol–water partition coefficient (Wildman–Crippen LogP) is 1.33. The molecule has 0 aromatic carbocycles. The zero-order valence-corrected chi connectivity index (χ0v) is 10.7. The van der Waals surface area contributed by atoms with E-state index in [1.54, 1.807) is 13.8 Å². The number of rotatable bonds is 6. The van der Waals surface area contributed by atoms with Gasteiger partial charge in [-0.15, -0.1) is 11.8 Å². The summed E-state index contributed by atoms with van der Waals surface area (Å²) in [5.74, 6) is 11.6. The number of aliphatic hydroxyl groups excluding tert-OH is 2. The Kier molecular flexibility index (Phi) is 10.8. The molecule has 3 heteroatoms. The lowest BCUT2D eigenvalue weighted by Gasteiger charge is -1.97. The Morgan fingerprint density at radius 2 is 1.24 bits per heavy atom. The highest BCUT2D eigenvalue weighted by Gasteiger charge is 1.91. The van der Waals surface area contributed by atoms with E-state index in [9.17, 15) is 0 Å². The van der Waals surface area contributed by atoms with Gasteiger partial charge in [-0.2, -0.15) is 0 Å². The summed E-state index contributed by atoms with van der Waals surface area (Å²) in [5.41, 5.74) is 0. The van der Waals surface area contributed by atoms with E-state index in [4.69, 9.17) is 14.9 Å². The molecule has 0 saturated heterocycles. The van der Waals surface area contributed by atoms with E-state index in [1.807, 2.05) is 0 Å². The first kappa shape index (κ1) is 16.0. The van der Waals surface area contributed by atoms with Crippen LogP contribution in [0.15, 0.2) is 0 Å². The molecular formula is C14H22O3. The molecule has 17 heavy (non-hydrogen) atoms. The highest BCUT2D eigenvalue weighted by Crippen LogP contribution is 1.93. The van der Waals surface area contributed by atoms with Crippen molar-refractivity contribution >= 4 is 0 Å². The SMILES string of the molecule is CC(O)CCC#CCOCC#CCCC(C)O. The minimum Gasteiger partial charge on any atom is -0.393 e. The lowest BCUT2D eigenvalue weighted by molar-refractivity contribution is 0.186. The largest absolute Gasteiger partial charge is 0.393 e. The predicted molar refractivity (Wildman–Crippen MR) is 68.2 cm³/mol. The summed E-state index contributed by atoms with van der Waals surface area (Å²) in [6, 6.07) is 0. The quantitative estimate of drug-likeness (QED) is 0.542. The Morgan fingerprint density at radius 3 is 1.59 bits per heavy atom. The van der Waals surface area contributed by atoms with Crippen molar-refractivity contribution in [1.29, 1.82) is 0 Å². The lowest BCUT2D eigenvalue weighted by atomic mass is 10.2. The van der Waals surface area contributed by atoms with E-state index >= 15 is 0 Å². The van der Waals surface area contributed by atoms with Crippen LogP contribution in [-0.4, -0.2) is 35.6 Å². The van der Waals surface area contributed by atoms with Gasteiger partial charge < -0.3 is 14.9 Å². The molecule has 0 fully saturated rings. The summed E-state index contributed by atoms with van der Waals surface area (Å²) in [6.07, 6.45) is 2.22. The van der Waals surface area contributed by atoms with Crippen molar-refractivity contribution in [3.05, 3.63) is 0 Å². The molecule has 0 aromatic rings. The highest BCUT2D eigenvalue weighted by molar-refractivity contribution is 5.01. The summed E-state index contributed by atoms with van der Waals surface area (Å²) >= 11 is 0. The van der Waals surface area contributed by atoms with E-state index < -0.39 is 0 Å². The Morgan fingerprint density at radius 1 is 0.824 bits per heavy atom. The van der Waals surface area contributed by atoms with Gasteiger partial charge in [0.1, 0.15) is 13.2 Å². The minimum absolute atomic E-state index is 0.287. The second-order valence-electron chi connectivity index (χ2n) is 3.98. The van der Waals surface area contributed by atoms with Crippen LogP contribution in [0, 0.1) is 23.7 Å². The van der Waals surface area contributed by atoms with Crippen LogP contribution in [0.1, 0.15) is 39.5 Å². The first-order valence-corrected chi connectivity index (χ1v) is 5.98. The van der Waals surface area contributed by atoms with Gasteiger partial charge in [0, 0.05) is 12.8 Å². The third-order valence-corrected chi connectivity index (χ3v) is 1.97. The zero-order valence-electron chi connectivity index (χ0n) is 10.7. The van der Waals surface area contributed by atoms with Crippen molar-refractivity contribution in [2.24, 2.45) is 0 Å². The summed E-state index contributed by atoms with van der Waals surface area (Å²) in [7, 11) is 0. The maximum Gasteiger partial charge on any atom is 0.109 e. The molecule has 2 atom stereocenters. The van der Waals surface area contributed by atoms with Gasteiger partial charge >= 0.3 is 0 Å². The van der Waals surface area contributed by atoms with Gasteiger partial charge in [-0.05, 0) is 26.7 Å². The zero-order chi connectivity index (χ0) is 12.9. The molecule has 0 heterocycles. The van der Waals surface area contributed by atoms with Crippen LogP contribution in [0.2, 0.25) is 0 Å². The second kappa shape index (κ2) is 11.5. The molecule has 0 radical (unpaired) electrons. The molecule has 0 aromatic heterocycles. The van der Waals surface area contributed by atoms with Gasteiger partial charge in [0.15, 0.2) is 0 Å². The first-order chi connectivity index (χ1) is 8.13. The van der Waals surface area contributed by atoms with E-state index in [0.29, 0.717) is 38.9 Å². The number of ether oxygens (including phenoxy) is 1. The van der Waals surface area contributed by atoms with Crippen LogP contribution in [0.3, 0.4) is 0 Å². The van der Waals surface area contributed by atoms with E-state index in [-0.39, 0.29) is 12.2 Å². The summed E-state index contributed by atoms with van der Waals surface area (Å²) < 4.78 is 5.18. The van der Waals surface area contributed by atoms with Crippen molar-refractivity contribution in [1.82, 2.24) is 0 Å². The molecule has 2 unspecified atom stereocenters. The molecule has 0 saturated carbocycles. The lowest BCUT2D eigenvalue weighted by Crippen LogP contribution is -1.98. The highest BCUT2D eigenvalue weighted by atomic mass is 16.5. The third kappa shape index (κ3) is 15.0. The van der Waals surface area contributed by atoms with Gasteiger partial charge in [0.05, 0.1) is 12.2 Å². The Labute approximate surface area is 104 Å². The van der Waals surface area contributed by atoms with Crippen LogP contribution in [0.25, 0.3) is 0 Å². The maximum atomic E-state index is 8.98. The van der Waals surface area contributed by atoms with Gasteiger partial charge in [-0.1, -0.05) is 11.8 Å². The molecule has 96 valence electrons. The van der Waals surface area contributed by atoms with Crippen molar-refractivity contribution in [3.63, 3.8) is 0 Å². The standard InChI is InChI=1S/C14H22O3/c1-13(15)9-5-3-7-11-17-12-8-4-6-10-14(2)16/h13-16H,5-6,9-12H2,1-2H3.